The number of carbonyl (C=O) groups is 1. The minimum atomic E-state index is -4.70. The molecular formula is C41H47FN2O11S2. The Balaban J connectivity index is 1.55. The molecule has 1 N–H and O–H groups in total. The zero-order valence-electron chi connectivity index (χ0n) is 32.5. The zero-order chi connectivity index (χ0) is 41.7. The van der Waals surface area contributed by atoms with Gasteiger partial charge in [0.2, 0.25) is 0 Å². The lowest BCUT2D eigenvalue weighted by atomic mass is 9.93. The van der Waals surface area contributed by atoms with Crippen molar-refractivity contribution in [3.05, 3.63) is 111 Å². The average molecular weight is 827 g/mol. The molecule has 5 rings (SSSR count). The van der Waals surface area contributed by atoms with Crippen LogP contribution in [0.15, 0.2) is 77.7 Å². The number of rotatable bonds is 16. The number of anilines is 1. The van der Waals surface area contributed by atoms with Crippen molar-refractivity contribution in [2.75, 3.05) is 29.0 Å². The fourth-order valence-corrected chi connectivity index (χ4v) is 9.92. The molecule has 1 saturated heterocycles. The number of nitrogens with zero attached hydrogens (tertiary/aromatic N) is 2. The Kier molecular flexibility index (Phi) is 13.3. The molecule has 1 aliphatic heterocycles. The summed E-state index contributed by atoms with van der Waals surface area (Å²) in [5.74, 6) is -0.541. The molecule has 16 heteroatoms. The zero-order valence-corrected chi connectivity index (χ0v) is 34.1. The quantitative estimate of drug-likeness (QED) is 0.0697. The maximum absolute atomic E-state index is 15.6. The van der Waals surface area contributed by atoms with Crippen LogP contribution in [0, 0.1) is 29.8 Å². The van der Waals surface area contributed by atoms with Crippen molar-refractivity contribution in [2.45, 2.75) is 83.4 Å². The maximum atomic E-state index is 15.6. The third-order valence-corrected chi connectivity index (χ3v) is 13.1. The minimum Gasteiger partial charge on any atom is -0.491 e. The number of ether oxygens (including phenoxy) is 3. The molecule has 0 atom stereocenters. The topological polar surface area (TPSA) is 180 Å². The standard InChI is InChI=1S/C41H47FN2O11S2/c1-6-53-39(45)16-13-31-12-14-32(24-35(31)42)43(57(51,52)38-10-8-7-9-36(38)44(47)48)25-30-11-15-37(55-27(2)3)34(23-30)40-28(4)21-33(22-29(40)5)54-26-41(46)17-19-56(49,50)20-18-41/h7-12,14-15,21-24,27,46H,6,13,16-20,25-26H2,1-5H3. The summed E-state index contributed by atoms with van der Waals surface area (Å²) in [7, 11) is -7.88. The van der Waals surface area contributed by atoms with Crippen molar-refractivity contribution in [3.63, 3.8) is 0 Å². The van der Waals surface area contributed by atoms with Crippen LogP contribution < -0.4 is 13.8 Å². The second-order valence-electron chi connectivity index (χ2n) is 14.4. The van der Waals surface area contributed by atoms with Gasteiger partial charge >= 0.3 is 5.97 Å². The average Bonchev–Trinajstić information content (AvgIpc) is 3.14. The van der Waals surface area contributed by atoms with Crippen molar-refractivity contribution in [1.82, 2.24) is 0 Å². The third-order valence-electron chi connectivity index (χ3n) is 9.63. The first kappa shape index (κ1) is 43.1. The van der Waals surface area contributed by atoms with E-state index in [0.717, 1.165) is 39.2 Å². The number of sulfonamides is 1. The van der Waals surface area contributed by atoms with Crippen LogP contribution in [0.1, 0.15) is 62.3 Å². The number of hydrogen-bond acceptors (Lipinski definition) is 11. The summed E-state index contributed by atoms with van der Waals surface area (Å²) in [5.41, 5.74) is 1.48. The summed E-state index contributed by atoms with van der Waals surface area (Å²) in [6.45, 7) is 8.83. The van der Waals surface area contributed by atoms with Crippen LogP contribution in [-0.2, 0) is 42.4 Å². The largest absolute Gasteiger partial charge is 0.491 e. The molecule has 0 radical (unpaired) electrons. The van der Waals surface area contributed by atoms with E-state index in [4.69, 9.17) is 14.2 Å². The fourth-order valence-electron chi connectivity index (χ4n) is 6.73. The van der Waals surface area contributed by atoms with E-state index in [2.05, 4.69) is 0 Å². The summed E-state index contributed by atoms with van der Waals surface area (Å²) in [6, 6.07) is 17.4. The predicted octanol–water partition coefficient (Wildman–Crippen LogP) is 7.01. The van der Waals surface area contributed by atoms with Crippen LogP contribution in [0.25, 0.3) is 11.1 Å². The molecule has 1 aliphatic rings. The van der Waals surface area contributed by atoms with Crippen LogP contribution >= 0.6 is 0 Å². The van der Waals surface area contributed by atoms with Gasteiger partial charge < -0.3 is 19.3 Å². The summed E-state index contributed by atoms with van der Waals surface area (Å²) < 4.78 is 86.4. The van der Waals surface area contributed by atoms with E-state index < -0.39 is 52.8 Å². The van der Waals surface area contributed by atoms with Gasteiger partial charge in [0.1, 0.15) is 29.5 Å². The number of nitro groups is 1. The molecule has 1 fully saturated rings. The molecule has 0 amide bonds. The number of esters is 1. The number of para-hydroxylation sites is 1. The first-order chi connectivity index (χ1) is 26.8. The van der Waals surface area contributed by atoms with Crippen LogP contribution in [-0.4, -0.2) is 69.3 Å². The smallest absolute Gasteiger partial charge is 0.306 e. The molecule has 0 aromatic heterocycles. The van der Waals surface area contributed by atoms with E-state index >= 15 is 4.39 Å². The van der Waals surface area contributed by atoms with E-state index in [-0.39, 0.29) is 74.3 Å². The van der Waals surface area contributed by atoms with E-state index in [1.165, 1.54) is 24.3 Å². The maximum Gasteiger partial charge on any atom is 0.306 e. The SMILES string of the molecule is CCOC(=O)CCc1ccc(N(Cc2ccc(OC(C)C)c(-c3c(C)cc(OCC4(O)CCS(=O)(=O)CC4)cc3C)c2)S(=O)(=O)c2ccccc2[N+](=O)[O-])cc1F. The summed E-state index contributed by atoms with van der Waals surface area (Å²) in [5, 5.41) is 23.0. The molecule has 1 heterocycles. The van der Waals surface area contributed by atoms with E-state index in [0.29, 0.717) is 22.6 Å². The highest BCUT2D eigenvalue weighted by Crippen LogP contribution is 2.40. The van der Waals surface area contributed by atoms with E-state index in [9.17, 15) is 36.9 Å². The van der Waals surface area contributed by atoms with Gasteiger partial charge in [-0.05, 0) is 124 Å². The van der Waals surface area contributed by atoms with Gasteiger partial charge in [-0.15, -0.1) is 0 Å². The molecule has 13 nitrogen and oxygen atoms in total. The number of nitro benzene ring substituents is 1. The molecule has 4 aromatic carbocycles. The van der Waals surface area contributed by atoms with Gasteiger partial charge in [0.25, 0.3) is 15.7 Å². The molecule has 0 unspecified atom stereocenters. The van der Waals surface area contributed by atoms with E-state index in [1.54, 1.807) is 37.3 Å². The van der Waals surface area contributed by atoms with E-state index in [1.807, 2.05) is 27.7 Å². The summed E-state index contributed by atoms with van der Waals surface area (Å²) in [6.07, 6.45) is -0.166. The highest BCUT2D eigenvalue weighted by atomic mass is 32.2. The summed E-state index contributed by atoms with van der Waals surface area (Å²) in [4.78, 5) is 22.6. The van der Waals surface area contributed by atoms with Crippen molar-refractivity contribution in [1.29, 1.82) is 0 Å². The summed E-state index contributed by atoms with van der Waals surface area (Å²) >= 11 is 0. The highest BCUT2D eigenvalue weighted by Gasteiger charge is 2.36. The van der Waals surface area contributed by atoms with Gasteiger partial charge in [-0.3, -0.25) is 19.2 Å². The normalized spacial score (nSPS) is 14.9. The van der Waals surface area contributed by atoms with Crippen LogP contribution in [0.5, 0.6) is 11.5 Å². The van der Waals surface area contributed by atoms with Gasteiger partial charge in [0.15, 0.2) is 14.7 Å². The molecule has 306 valence electrons. The monoisotopic (exact) mass is 826 g/mol. The van der Waals surface area contributed by atoms with Crippen LogP contribution in [0.2, 0.25) is 0 Å². The Hall–Kier alpha value is -5.06. The molecule has 4 aromatic rings. The third kappa shape index (κ3) is 10.5. The van der Waals surface area contributed by atoms with Crippen molar-refractivity contribution in [2.24, 2.45) is 0 Å². The number of benzene rings is 4. The van der Waals surface area contributed by atoms with Gasteiger partial charge in [-0.1, -0.05) is 24.3 Å². The Morgan fingerprint density at radius 1 is 1.02 bits per heavy atom. The number of aliphatic hydroxyl groups is 1. The predicted molar refractivity (Wildman–Crippen MR) is 213 cm³/mol. The fraction of sp³-hybridized carbons (Fsp3) is 0.390. The first-order valence-corrected chi connectivity index (χ1v) is 21.8. The lowest BCUT2D eigenvalue weighted by molar-refractivity contribution is -0.387. The molecule has 57 heavy (non-hydrogen) atoms. The lowest BCUT2D eigenvalue weighted by Crippen LogP contribution is -2.43. The minimum absolute atomic E-state index is 0.0102. The number of halogens is 1. The number of aryl methyl sites for hydroxylation is 3. The lowest BCUT2D eigenvalue weighted by Gasteiger charge is -2.31. The number of sulfone groups is 1. The second-order valence-corrected chi connectivity index (χ2v) is 18.5. The van der Waals surface area contributed by atoms with Crippen molar-refractivity contribution >= 4 is 37.2 Å². The molecule has 0 saturated carbocycles. The Morgan fingerprint density at radius 3 is 2.30 bits per heavy atom. The van der Waals surface area contributed by atoms with Gasteiger partial charge in [-0.25, -0.2) is 21.2 Å². The second kappa shape index (κ2) is 17.6. The highest BCUT2D eigenvalue weighted by molar-refractivity contribution is 7.93. The Morgan fingerprint density at radius 2 is 1.68 bits per heavy atom. The number of hydrogen-bond donors (Lipinski definition) is 1. The van der Waals surface area contributed by atoms with Gasteiger partial charge in [0.05, 0.1) is 41.4 Å². The van der Waals surface area contributed by atoms with Gasteiger partial charge in [0, 0.05) is 18.1 Å². The molecule has 0 bridgehead atoms. The Bertz CT molecular complexity index is 2330. The van der Waals surface area contributed by atoms with Crippen molar-refractivity contribution in [3.8, 4) is 22.6 Å². The van der Waals surface area contributed by atoms with Gasteiger partial charge in [-0.2, -0.15) is 0 Å². The molecular weight excluding hydrogens is 780 g/mol. The van der Waals surface area contributed by atoms with Crippen LogP contribution in [0.4, 0.5) is 15.8 Å². The Labute approximate surface area is 332 Å². The molecule has 0 spiro atoms. The first-order valence-electron chi connectivity index (χ1n) is 18.5. The van der Waals surface area contributed by atoms with Crippen molar-refractivity contribution < 1.29 is 50.3 Å². The van der Waals surface area contributed by atoms with Crippen LogP contribution in [0.3, 0.4) is 0 Å². The molecule has 0 aliphatic carbocycles. The number of carbonyl (C=O) groups excluding carboxylic acids is 1.